The van der Waals surface area contributed by atoms with E-state index in [0.717, 1.165) is 86.4 Å². The van der Waals surface area contributed by atoms with E-state index in [1.54, 1.807) is 5.57 Å². The molecule has 264 valence electrons. The summed E-state index contributed by atoms with van der Waals surface area (Å²) in [6.07, 6.45) is 12.4. The van der Waals surface area contributed by atoms with Crippen LogP contribution in [0.5, 0.6) is 0 Å². The molecule has 1 aromatic rings. The molecule has 1 heterocycles. The number of hydrogen-bond acceptors (Lipinski definition) is 3. The van der Waals surface area contributed by atoms with Gasteiger partial charge in [-0.15, -0.1) is 0 Å². The van der Waals surface area contributed by atoms with E-state index in [2.05, 4.69) is 85.6 Å². The maximum Gasteiger partial charge on any atom is 0.229 e. The minimum absolute atomic E-state index is 0.0385. The van der Waals surface area contributed by atoms with Crippen LogP contribution < -0.4 is 5.32 Å². The van der Waals surface area contributed by atoms with E-state index in [1.165, 1.54) is 12.8 Å². The number of aliphatic hydroxyl groups is 1. The first-order chi connectivity index (χ1) is 22.6. The van der Waals surface area contributed by atoms with Gasteiger partial charge in [-0.25, -0.2) is 0 Å². The van der Waals surface area contributed by atoms with Gasteiger partial charge in [0.25, 0.3) is 0 Å². The van der Waals surface area contributed by atoms with E-state index in [-0.39, 0.29) is 33.2 Å². The van der Waals surface area contributed by atoms with Crippen LogP contribution in [-0.4, -0.2) is 58.2 Å². The van der Waals surface area contributed by atoms with Crippen molar-refractivity contribution >= 4 is 44.9 Å². The number of aliphatic hydroxyl groups excluding tert-OH is 1. The molecule has 4 saturated carbocycles. The van der Waals surface area contributed by atoms with Crippen LogP contribution in [0.2, 0.25) is 0 Å². The van der Waals surface area contributed by atoms with Crippen molar-refractivity contribution in [3.63, 3.8) is 0 Å². The molecule has 5 aliphatic carbocycles. The number of piperazine rings is 1. The molecule has 0 bridgehead atoms. The molecule has 5 nitrogen and oxygen atoms in total. The third-order valence-electron chi connectivity index (χ3n) is 16.3. The molecule has 10 atom stereocenters. The van der Waals surface area contributed by atoms with Crippen molar-refractivity contribution in [2.45, 2.75) is 112 Å². The predicted octanol–water partition coefficient (Wildman–Crippen LogP) is 9.31. The minimum atomic E-state index is -0.296. The number of rotatable bonds is 2. The summed E-state index contributed by atoms with van der Waals surface area (Å²) in [6, 6.07) is 8.11. The highest BCUT2D eigenvalue weighted by atomic mass is 79.9. The molecule has 5 fully saturated rings. The smallest absolute Gasteiger partial charge is 0.229 e. The third kappa shape index (κ3) is 5.04. The van der Waals surface area contributed by atoms with Gasteiger partial charge >= 0.3 is 0 Å². The number of benzene rings is 1. The van der Waals surface area contributed by atoms with Gasteiger partial charge in [0.1, 0.15) is 0 Å². The molecule has 0 radical (unpaired) electrons. The Morgan fingerprint density at radius 1 is 0.917 bits per heavy atom. The second-order valence-electron chi connectivity index (χ2n) is 18.4. The van der Waals surface area contributed by atoms with Gasteiger partial charge < -0.3 is 20.2 Å². The fourth-order valence-corrected chi connectivity index (χ4v) is 13.7. The van der Waals surface area contributed by atoms with Crippen LogP contribution in [-0.2, 0) is 4.79 Å². The summed E-state index contributed by atoms with van der Waals surface area (Å²) in [6.45, 7) is 20.5. The van der Waals surface area contributed by atoms with Crippen LogP contribution in [0.1, 0.15) is 106 Å². The molecule has 0 aromatic heterocycles. The summed E-state index contributed by atoms with van der Waals surface area (Å²) >= 11 is 9.38. The van der Waals surface area contributed by atoms with E-state index in [4.69, 9.17) is 12.2 Å². The lowest BCUT2D eigenvalue weighted by molar-refractivity contribution is -0.205. The van der Waals surface area contributed by atoms with Gasteiger partial charge in [0.15, 0.2) is 5.11 Å². The Morgan fingerprint density at radius 3 is 2.33 bits per heavy atom. The van der Waals surface area contributed by atoms with E-state index in [0.29, 0.717) is 35.5 Å². The van der Waals surface area contributed by atoms with Crippen LogP contribution in [0.3, 0.4) is 0 Å². The number of fused-ring (bicyclic) bond motifs is 7. The zero-order valence-electron chi connectivity index (χ0n) is 30.6. The largest absolute Gasteiger partial charge is 0.393 e. The lowest BCUT2D eigenvalue weighted by atomic mass is 9.33. The first kappa shape index (κ1) is 35.0. The number of anilines is 1. The Bertz CT molecular complexity index is 1490. The van der Waals surface area contributed by atoms with Gasteiger partial charge in [-0.2, -0.15) is 0 Å². The second kappa shape index (κ2) is 12.1. The van der Waals surface area contributed by atoms with Crippen molar-refractivity contribution in [1.82, 2.24) is 9.80 Å². The predicted molar refractivity (Wildman–Crippen MR) is 203 cm³/mol. The van der Waals surface area contributed by atoms with Gasteiger partial charge in [0.2, 0.25) is 5.91 Å². The molecule has 1 aliphatic heterocycles. The second-order valence-corrected chi connectivity index (χ2v) is 19.7. The number of nitrogens with one attached hydrogen (secondary N) is 1. The standard InChI is InChI=1S/C41H60BrN3O2S/c1-26-13-18-41(35(47)44-21-23-45(24-22-44)36(48)43-29-10-8-9-28(42)25-29)20-19-39(6)30(34(41)27(26)2)11-12-32-38(5)16-15-33(46)37(3,4)31(38)14-17-40(32,39)7/h8-11,25-27,31-34,46H,12-24H2,1-7H3,(H,43,48)/t26-,27+,31+,32-,33+,34+,38+,39-,40-,41+/m1/s1. The Morgan fingerprint density at radius 2 is 1.62 bits per heavy atom. The first-order valence-corrected chi connectivity index (χ1v) is 20.3. The summed E-state index contributed by atoms with van der Waals surface area (Å²) in [5.41, 5.74) is 2.84. The maximum atomic E-state index is 15.1. The average Bonchev–Trinajstić information content (AvgIpc) is 3.05. The molecule has 1 saturated heterocycles. The van der Waals surface area contributed by atoms with E-state index < -0.39 is 0 Å². The topological polar surface area (TPSA) is 55.8 Å². The number of halogens is 1. The zero-order valence-corrected chi connectivity index (χ0v) is 33.0. The first-order valence-electron chi connectivity index (χ1n) is 19.1. The van der Waals surface area contributed by atoms with Gasteiger partial charge in [0, 0.05) is 36.3 Å². The zero-order chi connectivity index (χ0) is 34.4. The number of carbonyl (C=O) groups is 1. The molecule has 1 amide bonds. The fourth-order valence-electron chi connectivity index (χ4n) is 13.0. The number of hydrogen-bond donors (Lipinski definition) is 2. The molecule has 1 aromatic carbocycles. The third-order valence-corrected chi connectivity index (χ3v) is 17.2. The molecule has 7 heteroatoms. The molecule has 0 spiro atoms. The van der Waals surface area contributed by atoms with Crippen molar-refractivity contribution in [1.29, 1.82) is 0 Å². The van der Waals surface area contributed by atoms with Crippen molar-refractivity contribution in [3.05, 3.63) is 40.4 Å². The Kier molecular flexibility index (Phi) is 8.80. The van der Waals surface area contributed by atoms with Crippen LogP contribution in [0.25, 0.3) is 0 Å². The number of nitrogens with zero attached hydrogens (tertiary/aromatic N) is 2. The highest BCUT2D eigenvalue weighted by Gasteiger charge is 2.69. The molecule has 0 unspecified atom stereocenters. The van der Waals surface area contributed by atoms with Crippen LogP contribution in [0.4, 0.5) is 5.69 Å². The summed E-state index contributed by atoms with van der Waals surface area (Å²) in [4.78, 5) is 19.5. The van der Waals surface area contributed by atoms with Crippen LogP contribution in [0, 0.1) is 56.7 Å². The number of thiocarbonyl (C=S) groups is 1. The Hall–Kier alpha value is -1.44. The lowest BCUT2D eigenvalue weighted by Crippen LogP contribution is -2.66. The normalized spacial score (nSPS) is 43.6. The Labute approximate surface area is 304 Å². The quantitative estimate of drug-likeness (QED) is 0.234. The average molecular weight is 739 g/mol. The minimum Gasteiger partial charge on any atom is -0.393 e. The monoisotopic (exact) mass is 737 g/mol. The summed E-state index contributed by atoms with van der Waals surface area (Å²) in [7, 11) is 0. The summed E-state index contributed by atoms with van der Waals surface area (Å²) < 4.78 is 1.02. The lowest BCUT2D eigenvalue weighted by Gasteiger charge is -2.71. The fraction of sp³-hybridized carbons (Fsp3) is 0.756. The number of amides is 1. The summed E-state index contributed by atoms with van der Waals surface area (Å²) in [5, 5.41) is 15.3. The molecule has 48 heavy (non-hydrogen) atoms. The molecule has 7 rings (SSSR count). The van der Waals surface area contributed by atoms with Crippen LogP contribution >= 0.6 is 28.1 Å². The van der Waals surface area contributed by atoms with Gasteiger partial charge in [0.05, 0.1) is 11.5 Å². The van der Waals surface area contributed by atoms with Crippen molar-refractivity contribution in [2.75, 3.05) is 31.5 Å². The highest BCUT2D eigenvalue weighted by molar-refractivity contribution is 9.10. The molecular weight excluding hydrogens is 678 g/mol. The molecule has 6 aliphatic rings. The maximum absolute atomic E-state index is 15.1. The number of allylic oxidation sites excluding steroid dienone is 2. The SMILES string of the molecule is C[C@H]1[C@H](C)CC[C@]2(C(=O)N3CCN(C(=S)Nc4cccc(Br)c4)CC3)CC[C@]3(C)C(=CC[C@@H]4[C@@]5(C)CC[C@H](O)C(C)(C)[C@@H]5CC[C@]43C)[C@H]12. The van der Waals surface area contributed by atoms with Gasteiger partial charge in [-0.05, 0) is 139 Å². The van der Waals surface area contributed by atoms with Crippen molar-refractivity contribution in [2.24, 2.45) is 56.7 Å². The van der Waals surface area contributed by atoms with E-state index in [9.17, 15) is 5.11 Å². The van der Waals surface area contributed by atoms with Crippen molar-refractivity contribution in [3.8, 4) is 0 Å². The molecule has 2 N–H and O–H groups in total. The van der Waals surface area contributed by atoms with Crippen LogP contribution in [0.15, 0.2) is 40.4 Å². The van der Waals surface area contributed by atoms with E-state index in [1.807, 2.05) is 24.3 Å². The van der Waals surface area contributed by atoms with Crippen molar-refractivity contribution < 1.29 is 9.90 Å². The molecular formula is C41H60BrN3O2S. The van der Waals surface area contributed by atoms with Gasteiger partial charge in [-0.1, -0.05) is 82.1 Å². The summed E-state index contributed by atoms with van der Waals surface area (Å²) in [5.74, 6) is 3.03. The number of carbonyl (C=O) groups excluding carboxylic acids is 1. The Balaban J connectivity index is 1.15. The van der Waals surface area contributed by atoms with E-state index >= 15 is 4.79 Å². The van der Waals surface area contributed by atoms with Gasteiger partial charge in [-0.3, -0.25) is 4.79 Å². The highest BCUT2D eigenvalue weighted by Crippen LogP contribution is 2.75.